The number of nitrogens with zero attached hydrogens (tertiary/aromatic N) is 3. The van der Waals surface area contributed by atoms with Crippen LogP contribution >= 0.6 is 22.9 Å². The first-order chi connectivity index (χ1) is 16.5. The van der Waals surface area contributed by atoms with Crippen LogP contribution in [-0.2, 0) is 4.74 Å². The predicted molar refractivity (Wildman–Crippen MR) is 133 cm³/mol. The van der Waals surface area contributed by atoms with E-state index in [1.54, 1.807) is 25.6 Å². The lowest BCUT2D eigenvalue weighted by atomic mass is 10.0. The van der Waals surface area contributed by atoms with E-state index in [9.17, 15) is 4.79 Å². The molecular formula is C24H22ClN5O3S. The smallest absolute Gasteiger partial charge is 0.261 e. The highest BCUT2D eigenvalue weighted by atomic mass is 35.5. The van der Waals surface area contributed by atoms with Crippen molar-refractivity contribution in [2.45, 2.75) is 13.0 Å². The number of fused-ring (bicyclic) bond motifs is 1. The zero-order valence-corrected chi connectivity index (χ0v) is 20.2. The number of ether oxygens (including phenoxy) is 2. The Morgan fingerprint density at radius 3 is 2.94 bits per heavy atom. The van der Waals surface area contributed by atoms with Gasteiger partial charge in [0.2, 0.25) is 0 Å². The van der Waals surface area contributed by atoms with Gasteiger partial charge in [0, 0.05) is 29.6 Å². The highest BCUT2D eigenvalue weighted by molar-refractivity contribution is 7.22. The minimum atomic E-state index is -0.395. The summed E-state index contributed by atoms with van der Waals surface area (Å²) < 4.78 is 12.0. The number of thiazole rings is 1. The third-order valence-electron chi connectivity index (χ3n) is 5.58. The quantitative estimate of drug-likeness (QED) is 0.389. The molecule has 1 aromatic carbocycles. The molecule has 174 valence electrons. The Balaban J connectivity index is 1.47. The number of hydrogen-bond acceptors (Lipinski definition) is 8. The van der Waals surface area contributed by atoms with Gasteiger partial charge in [-0.25, -0.2) is 9.97 Å². The molecule has 2 N–H and O–H groups in total. The summed E-state index contributed by atoms with van der Waals surface area (Å²) >= 11 is 7.87. The minimum absolute atomic E-state index is 0.109. The molecule has 4 aromatic rings. The summed E-state index contributed by atoms with van der Waals surface area (Å²) in [6.07, 6.45) is 3.23. The third-order valence-corrected chi connectivity index (χ3v) is 6.79. The largest absolute Gasteiger partial charge is 0.494 e. The number of nitrogens with one attached hydrogen (secondary N) is 2. The van der Waals surface area contributed by atoms with Crippen LogP contribution in [0.1, 0.15) is 27.7 Å². The van der Waals surface area contributed by atoms with E-state index in [1.165, 1.54) is 11.3 Å². The minimum Gasteiger partial charge on any atom is -0.494 e. The molecule has 0 saturated carbocycles. The van der Waals surface area contributed by atoms with Gasteiger partial charge in [0.05, 0.1) is 48.3 Å². The van der Waals surface area contributed by atoms with Crippen molar-refractivity contribution in [3.8, 4) is 16.9 Å². The van der Waals surface area contributed by atoms with Crippen LogP contribution in [0.15, 0.2) is 42.7 Å². The van der Waals surface area contributed by atoms with Gasteiger partial charge in [0.1, 0.15) is 10.9 Å². The number of carbonyl (C=O) groups is 1. The molecule has 0 spiro atoms. The van der Waals surface area contributed by atoms with Gasteiger partial charge in [0.25, 0.3) is 5.91 Å². The number of hydrogen-bond donors (Lipinski definition) is 2. The maximum atomic E-state index is 13.4. The number of morpholine rings is 1. The van der Waals surface area contributed by atoms with Gasteiger partial charge in [-0.05, 0) is 36.8 Å². The van der Waals surface area contributed by atoms with Crippen molar-refractivity contribution in [1.29, 1.82) is 0 Å². The standard InChI is InChI=1S/C24H22ClN5O3S/c1-13-9-16(15-5-6-26-11-19(15)32-2)21(22(25)28-13)23(31)30-24-29-17-4-3-14(10-20(17)34-24)18-12-33-8-7-27-18/h3-6,9-11,18,27H,7-8,12H2,1-2H3,(H,29,30,31). The van der Waals surface area contributed by atoms with Gasteiger partial charge in [-0.1, -0.05) is 29.0 Å². The molecule has 0 bridgehead atoms. The molecular weight excluding hydrogens is 474 g/mol. The van der Waals surface area contributed by atoms with E-state index >= 15 is 0 Å². The van der Waals surface area contributed by atoms with Crippen molar-refractivity contribution < 1.29 is 14.3 Å². The van der Waals surface area contributed by atoms with E-state index in [-0.39, 0.29) is 16.8 Å². The Morgan fingerprint density at radius 2 is 2.15 bits per heavy atom. The fourth-order valence-electron chi connectivity index (χ4n) is 3.98. The average molecular weight is 496 g/mol. The monoisotopic (exact) mass is 495 g/mol. The van der Waals surface area contributed by atoms with Crippen molar-refractivity contribution in [2.75, 3.05) is 32.2 Å². The van der Waals surface area contributed by atoms with E-state index in [0.29, 0.717) is 34.3 Å². The number of aryl methyl sites for hydroxylation is 1. The lowest BCUT2D eigenvalue weighted by molar-refractivity contribution is 0.0769. The van der Waals surface area contributed by atoms with Crippen LogP contribution in [0.3, 0.4) is 0 Å². The molecule has 3 aromatic heterocycles. The van der Waals surface area contributed by atoms with Gasteiger partial charge in [0.15, 0.2) is 5.13 Å². The number of anilines is 1. The third kappa shape index (κ3) is 4.47. The summed E-state index contributed by atoms with van der Waals surface area (Å²) in [7, 11) is 1.56. The molecule has 10 heteroatoms. The SMILES string of the molecule is COc1cnccc1-c1cc(C)nc(Cl)c1C(=O)Nc1nc2ccc(C3COCCN3)cc2s1. The zero-order chi connectivity index (χ0) is 23.7. The Morgan fingerprint density at radius 1 is 1.26 bits per heavy atom. The van der Waals surface area contributed by atoms with Gasteiger partial charge in [-0.3, -0.25) is 15.1 Å². The van der Waals surface area contributed by atoms with E-state index in [4.69, 9.17) is 21.1 Å². The molecule has 1 atom stereocenters. The summed E-state index contributed by atoms with van der Waals surface area (Å²) in [5.74, 6) is 0.138. The molecule has 1 unspecified atom stereocenters. The number of rotatable bonds is 5. The van der Waals surface area contributed by atoms with E-state index in [0.717, 1.165) is 28.9 Å². The predicted octanol–water partition coefficient (Wildman–Crippen LogP) is 4.64. The van der Waals surface area contributed by atoms with E-state index in [1.807, 2.05) is 25.1 Å². The van der Waals surface area contributed by atoms with Crippen molar-refractivity contribution in [3.63, 3.8) is 0 Å². The highest BCUT2D eigenvalue weighted by Crippen LogP contribution is 2.36. The van der Waals surface area contributed by atoms with Crippen molar-refractivity contribution >= 4 is 44.2 Å². The molecule has 4 heterocycles. The first-order valence-corrected chi connectivity index (χ1v) is 11.9. The zero-order valence-electron chi connectivity index (χ0n) is 18.6. The summed E-state index contributed by atoms with van der Waals surface area (Å²) in [6.45, 7) is 4.00. The molecule has 5 rings (SSSR count). The summed E-state index contributed by atoms with van der Waals surface area (Å²) in [4.78, 5) is 26.4. The van der Waals surface area contributed by atoms with Crippen molar-refractivity contribution in [2.24, 2.45) is 0 Å². The summed E-state index contributed by atoms with van der Waals surface area (Å²) in [6, 6.07) is 9.82. The van der Waals surface area contributed by atoms with Crippen LogP contribution in [0.4, 0.5) is 5.13 Å². The molecule has 0 radical (unpaired) electrons. The molecule has 1 saturated heterocycles. The molecule has 1 amide bonds. The Bertz CT molecular complexity index is 1370. The van der Waals surface area contributed by atoms with Gasteiger partial charge in [-0.15, -0.1) is 0 Å². The number of pyridine rings is 2. The van der Waals surface area contributed by atoms with E-state index < -0.39 is 5.91 Å². The Labute approximate surface area is 205 Å². The van der Waals surface area contributed by atoms with Crippen LogP contribution in [0.25, 0.3) is 21.3 Å². The molecule has 1 fully saturated rings. The van der Waals surface area contributed by atoms with Crippen LogP contribution in [0.5, 0.6) is 5.75 Å². The number of amides is 1. The lowest BCUT2D eigenvalue weighted by Crippen LogP contribution is -2.34. The number of halogens is 1. The summed E-state index contributed by atoms with van der Waals surface area (Å²) in [5.41, 5.74) is 4.19. The first-order valence-electron chi connectivity index (χ1n) is 10.7. The number of methoxy groups -OCH3 is 1. The number of benzene rings is 1. The maximum Gasteiger partial charge on any atom is 0.261 e. The number of aromatic nitrogens is 3. The van der Waals surface area contributed by atoms with Crippen LogP contribution < -0.4 is 15.4 Å². The normalized spacial score (nSPS) is 15.9. The molecule has 34 heavy (non-hydrogen) atoms. The summed E-state index contributed by atoms with van der Waals surface area (Å²) in [5, 5.41) is 6.95. The molecule has 0 aliphatic carbocycles. The molecule has 1 aliphatic rings. The highest BCUT2D eigenvalue weighted by Gasteiger charge is 2.23. The second-order valence-corrected chi connectivity index (χ2v) is 9.22. The molecule has 8 nitrogen and oxygen atoms in total. The Hall–Kier alpha value is -3.11. The second-order valence-electron chi connectivity index (χ2n) is 7.83. The van der Waals surface area contributed by atoms with E-state index in [2.05, 4.69) is 31.7 Å². The lowest BCUT2D eigenvalue weighted by Gasteiger charge is -2.24. The van der Waals surface area contributed by atoms with Crippen molar-refractivity contribution in [1.82, 2.24) is 20.3 Å². The fourth-order valence-corrected chi connectivity index (χ4v) is 5.21. The van der Waals surface area contributed by atoms with Crippen LogP contribution in [-0.4, -0.2) is 47.7 Å². The first kappa shape index (κ1) is 22.7. The van der Waals surface area contributed by atoms with Gasteiger partial charge in [-0.2, -0.15) is 0 Å². The Kier molecular flexibility index (Phi) is 6.42. The number of carbonyl (C=O) groups excluding carboxylic acids is 1. The fraction of sp³-hybridized carbons (Fsp3) is 0.250. The average Bonchev–Trinajstić information content (AvgIpc) is 3.25. The van der Waals surface area contributed by atoms with Crippen LogP contribution in [0, 0.1) is 6.92 Å². The maximum absolute atomic E-state index is 13.4. The topological polar surface area (TPSA) is 98.3 Å². The second kappa shape index (κ2) is 9.63. The van der Waals surface area contributed by atoms with Crippen LogP contribution in [0.2, 0.25) is 5.15 Å². The molecule has 1 aliphatic heterocycles. The van der Waals surface area contributed by atoms with Gasteiger partial charge < -0.3 is 14.8 Å². The van der Waals surface area contributed by atoms with Gasteiger partial charge >= 0.3 is 0 Å². The van der Waals surface area contributed by atoms with Crippen molar-refractivity contribution in [3.05, 3.63) is 64.7 Å².